The topological polar surface area (TPSA) is 88.2 Å². The van der Waals surface area contributed by atoms with Crippen LogP contribution in [0.5, 0.6) is 0 Å². The van der Waals surface area contributed by atoms with E-state index in [9.17, 15) is 13.2 Å². The van der Waals surface area contributed by atoms with E-state index in [0.29, 0.717) is 21.6 Å². The van der Waals surface area contributed by atoms with Crippen LogP contribution in [0, 0.1) is 0 Å². The van der Waals surface area contributed by atoms with Crippen molar-refractivity contribution in [3.05, 3.63) is 65.3 Å². The van der Waals surface area contributed by atoms with Gasteiger partial charge in [0.1, 0.15) is 0 Å². The average Bonchev–Trinajstić information content (AvgIpc) is 3.45. The molecule has 27 heavy (non-hydrogen) atoms. The molecule has 2 N–H and O–H groups in total. The maximum absolute atomic E-state index is 12.7. The van der Waals surface area contributed by atoms with E-state index in [2.05, 4.69) is 15.0 Å². The van der Waals surface area contributed by atoms with Crippen molar-refractivity contribution in [2.24, 2.45) is 0 Å². The third kappa shape index (κ3) is 3.95. The highest BCUT2D eigenvalue weighted by molar-refractivity contribution is 7.89. The van der Waals surface area contributed by atoms with Crippen LogP contribution in [0.2, 0.25) is 5.02 Å². The normalized spacial score (nSPS) is 14.3. The second-order valence-corrected chi connectivity index (χ2v) is 8.55. The van der Waals surface area contributed by atoms with Gasteiger partial charge in [-0.25, -0.2) is 13.1 Å². The number of pyridine rings is 1. The fourth-order valence-corrected chi connectivity index (χ4v) is 4.24. The second kappa shape index (κ2) is 6.92. The van der Waals surface area contributed by atoms with Crippen LogP contribution in [0.3, 0.4) is 0 Å². The van der Waals surface area contributed by atoms with E-state index in [1.54, 1.807) is 42.6 Å². The molecule has 0 unspecified atom stereocenters. The summed E-state index contributed by atoms with van der Waals surface area (Å²) in [5.41, 5.74) is 1.50. The van der Waals surface area contributed by atoms with Crippen LogP contribution < -0.4 is 10.0 Å². The minimum atomic E-state index is -3.62. The van der Waals surface area contributed by atoms with Gasteiger partial charge in [-0.1, -0.05) is 17.7 Å². The summed E-state index contributed by atoms with van der Waals surface area (Å²) < 4.78 is 27.3. The molecule has 0 atom stereocenters. The first kappa shape index (κ1) is 17.9. The molecule has 0 radical (unpaired) electrons. The zero-order chi connectivity index (χ0) is 19.0. The molecule has 2 aromatic carbocycles. The van der Waals surface area contributed by atoms with Crippen molar-refractivity contribution >= 4 is 44.1 Å². The molecule has 0 aliphatic heterocycles. The number of nitrogens with one attached hydrogen (secondary N) is 2. The van der Waals surface area contributed by atoms with E-state index in [1.165, 1.54) is 12.1 Å². The fraction of sp³-hybridized carbons (Fsp3) is 0.158. The number of sulfonamides is 1. The van der Waals surface area contributed by atoms with Crippen molar-refractivity contribution in [1.82, 2.24) is 9.71 Å². The van der Waals surface area contributed by atoms with E-state index < -0.39 is 15.9 Å². The molecule has 0 bridgehead atoms. The molecule has 0 spiro atoms. The van der Waals surface area contributed by atoms with Gasteiger partial charge in [0.2, 0.25) is 10.0 Å². The number of fused-ring (bicyclic) bond motifs is 1. The molecule has 3 aromatic rings. The highest BCUT2D eigenvalue weighted by atomic mass is 35.5. The summed E-state index contributed by atoms with van der Waals surface area (Å²) in [4.78, 5) is 17.0. The fourth-order valence-electron chi connectivity index (χ4n) is 2.72. The quantitative estimate of drug-likeness (QED) is 0.683. The third-order valence-electron chi connectivity index (χ3n) is 4.26. The van der Waals surface area contributed by atoms with Crippen molar-refractivity contribution in [3.63, 3.8) is 0 Å². The van der Waals surface area contributed by atoms with Gasteiger partial charge in [0.15, 0.2) is 0 Å². The minimum Gasteiger partial charge on any atom is -0.321 e. The number of rotatable bonds is 5. The zero-order valence-corrected chi connectivity index (χ0v) is 15.7. The first-order chi connectivity index (χ1) is 12.9. The number of amides is 1. The predicted molar refractivity (Wildman–Crippen MR) is 104 cm³/mol. The van der Waals surface area contributed by atoms with Crippen LogP contribution >= 0.6 is 11.6 Å². The average molecular weight is 402 g/mol. The molecule has 1 fully saturated rings. The molecule has 1 aromatic heterocycles. The number of carbonyl (C=O) groups is 1. The van der Waals surface area contributed by atoms with Crippen molar-refractivity contribution in [2.75, 3.05) is 5.32 Å². The first-order valence-corrected chi connectivity index (χ1v) is 10.3. The van der Waals surface area contributed by atoms with Gasteiger partial charge in [-0.15, -0.1) is 0 Å². The van der Waals surface area contributed by atoms with Gasteiger partial charge in [0, 0.05) is 28.2 Å². The van der Waals surface area contributed by atoms with E-state index in [1.807, 2.05) is 0 Å². The molecule has 1 aliphatic rings. The maximum atomic E-state index is 12.7. The Bertz CT molecular complexity index is 1140. The lowest BCUT2D eigenvalue weighted by Gasteiger charge is -2.10. The molecule has 0 saturated heterocycles. The second-order valence-electron chi connectivity index (χ2n) is 6.40. The van der Waals surface area contributed by atoms with Crippen molar-refractivity contribution in [1.29, 1.82) is 0 Å². The van der Waals surface area contributed by atoms with Gasteiger partial charge < -0.3 is 5.32 Å². The number of anilines is 1. The third-order valence-corrected chi connectivity index (χ3v) is 6.01. The Kier molecular flexibility index (Phi) is 4.59. The molecule has 8 heteroatoms. The standard InChI is InChI=1S/C19H16ClN3O3S/c20-13-4-7-17-16(11-13)18(8-9-21-17)22-19(24)12-2-1-3-15(10-12)27(25,26)23-14-5-6-14/h1-4,7-11,14,23H,5-6H2,(H,21,22,24). The van der Waals surface area contributed by atoms with Crippen LogP contribution in [0.1, 0.15) is 23.2 Å². The summed E-state index contributed by atoms with van der Waals surface area (Å²) in [5.74, 6) is -0.411. The largest absolute Gasteiger partial charge is 0.321 e. The Morgan fingerprint density at radius 2 is 1.93 bits per heavy atom. The van der Waals surface area contributed by atoms with Gasteiger partial charge in [-0.2, -0.15) is 0 Å². The Morgan fingerprint density at radius 1 is 1.11 bits per heavy atom. The van der Waals surface area contributed by atoms with E-state index in [4.69, 9.17) is 11.6 Å². The molecule has 1 saturated carbocycles. The van der Waals surface area contributed by atoms with Gasteiger partial charge in [0.25, 0.3) is 5.91 Å². The summed E-state index contributed by atoms with van der Waals surface area (Å²) in [5, 5.41) is 4.05. The van der Waals surface area contributed by atoms with E-state index >= 15 is 0 Å². The number of halogens is 1. The first-order valence-electron chi connectivity index (χ1n) is 8.40. The lowest BCUT2D eigenvalue weighted by Crippen LogP contribution is -2.26. The lowest BCUT2D eigenvalue weighted by atomic mass is 10.1. The van der Waals surface area contributed by atoms with Gasteiger partial charge >= 0.3 is 0 Å². The number of carbonyl (C=O) groups excluding carboxylic acids is 1. The predicted octanol–water partition coefficient (Wildman–Crippen LogP) is 3.58. The summed E-state index contributed by atoms with van der Waals surface area (Å²) in [6.07, 6.45) is 3.28. The molecule has 1 heterocycles. The van der Waals surface area contributed by atoms with E-state index in [-0.39, 0.29) is 16.5 Å². The summed E-state index contributed by atoms with van der Waals surface area (Å²) in [7, 11) is -3.62. The van der Waals surface area contributed by atoms with Crippen LogP contribution in [0.4, 0.5) is 5.69 Å². The Balaban J connectivity index is 1.62. The highest BCUT2D eigenvalue weighted by Gasteiger charge is 2.28. The molecule has 4 rings (SSSR count). The van der Waals surface area contributed by atoms with Crippen LogP contribution in [-0.2, 0) is 10.0 Å². The van der Waals surface area contributed by atoms with Crippen LogP contribution in [-0.4, -0.2) is 25.4 Å². The highest BCUT2D eigenvalue weighted by Crippen LogP contribution is 2.26. The maximum Gasteiger partial charge on any atom is 0.255 e. The van der Waals surface area contributed by atoms with Gasteiger partial charge in [0.05, 0.1) is 16.1 Å². The molecular weight excluding hydrogens is 386 g/mol. The number of aromatic nitrogens is 1. The summed E-state index contributed by atoms with van der Waals surface area (Å²) in [6, 6.07) is 12.9. The van der Waals surface area contributed by atoms with Gasteiger partial charge in [-0.05, 0) is 55.3 Å². The number of nitrogens with zero attached hydrogens (tertiary/aromatic N) is 1. The minimum absolute atomic E-state index is 0.000384. The molecule has 1 aliphatic carbocycles. The molecular formula is C19H16ClN3O3S. The van der Waals surface area contributed by atoms with Gasteiger partial charge in [-0.3, -0.25) is 9.78 Å². The lowest BCUT2D eigenvalue weighted by molar-refractivity contribution is 0.102. The Hall–Kier alpha value is -2.48. The van der Waals surface area contributed by atoms with Crippen molar-refractivity contribution < 1.29 is 13.2 Å². The monoisotopic (exact) mass is 401 g/mol. The molecule has 1 amide bonds. The Labute approximate surface area is 161 Å². The zero-order valence-electron chi connectivity index (χ0n) is 14.1. The SMILES string of the molecule is O=C(Nc1ccnc2ccc(Cl)cc12)c1cccc(S(=O)(=O)NC2CC2)c1. The molecule has 138 valence electrons. The summed E-state index contributed by atoms with van der Waals surface area (Å²) >= 11 is 6.05. The number of benzene rings is 2. The van der Waals surface area contributed by atoms with Crippen molar-refractivity contribution in [3.8, 4) is 0 Å². The van der Waals surface area contributed by atoms with Crippen LogP contribution in [0.25, 0.3) is 10.9 Å². The summed E-state index contributed by atoms with van der Waals surface area (Å²) in [6.45, 7) is 0. The smallest absolute Gasteiger partial charge is 0.255 e. The van der Waals surface area contributed by atoms with Crippen LogP contribution in [0.15, 0.2) is 59.6 Å². The number of hydrogen-bond acceptors (Lipinski definition) is 4. The number of hydrogen-bond donors (Lipinski definition) is 2. The molecule has 6 nitrogen and oxygen atoms in total. The van der Waals surface area contributed by atoms with E-state index in [0.717, 1.165) is 12.8 Å². The Morgan fingerprint density at radius 3 is 2.70 bits per heavy atom. The van der Waals surface area contributed by atoms with Crippen molar-refractivity contribution in [2.45, 2.75) is 23.8 Å².